The van der Waals surface area contributed by atoms with E-state index in [1.807, 2.05) is 18.2 Å². The molecule has 1 aliphatic heterocycles. The van der Waals surface area contributed by atoms with Gasteiger partial charge >= 0.3 is 12.1 Å². The SMILES string of the molecule is O=C(Nc1ccccc1)Nc1ccc(C(=O)NN2C(=O)NC3(CCCCC3)C2=O)cc1. The van der Waals surface area contributed by atoms with Gasteiger partial charge in [0, 0.05) is 16.9 Å². The van der Waals surface area contributed by atoms with Gasteiger partial charge in [-0.15, -0.1) is 0 Å². The molecule has 6 amide bonds. The zero-order chi connectivity index (χ0) is 21.8. The van der Waals surface area contributed by atoms with Gasteiger partial charge in [0.25, 0.3) is 11.8 Å². The van der Waals surface area contributed by atoms with E-state index in [1.54, 1.807) is 24.3 Å². The lowest BCUT2D eigenvalue weighted by Crippen LogP contribution is -2.50. The third kappa shape index (κ3) is 4.35. The maximum atomic E-state index is 12.8. The first kappa shape index (κ1) is 20.4. The Balaban J connectivity index is 1.35. The topological polar surface area (TPSA) is 120 Å². The average molecular weight is 421 g/mol. The molecule has 0 aromatic heterocycles. The number of benzene rings is 2. The van der Waals surface area contributed by atoms with E-state index in [-0.39, 0.29) is 5.56 Å². The number of anilines is 2. The summed E-state index contributed by atoms with van der Waals surface area (Å²) in [5.74, 6) is -1.00. The van der Waals surface area contributed by atoms with Crippen LogP contribution >= 0.6 is 0 Å². The summed E-state index contributed by atoms with van der Waals surface area (Å²) in [5, 5.41) is 8.88. The molecule has 9 nitrogen and oxygen atoms in total. The standard InChI is InChI=1S/C22H23N5O4/c28-18(26-27-19(29)22(25-21(27)31)13-5-2-6-14-22)15-9-11-17(12-10-15)24-20(30)23-16-7-3-1-4-8-16/h1,3-4,7-12H,2,5-6,13-14H2,(H,25,31)(H,26,28)(H2,23,24,30). The normalized spacial score (nSPS) is 17.2. The third-order valence-electron chi connectivity index (χ3n) is 5.52. The fourth-order valence-corrected chi connectivity index (χ4v) is 3.90. The van der Waals surface area contributed by atoms with E-state index >= 15 is 0 Å². The van der Waals surface area contributed by atoms with Crippen molar-refractivity contribution >= 4 is 35.3 Å². The molecule has 31 heavy (non-hydrogen) atoms. The number of rotatable bonds is 4. The van der Waals surface area contributed by atoms with Gasteiger partial charge in [0.05, 0.1) is 0 Å². The van der Waals surface area contributed by atoms with Gasteiger partial charge in [0.2, 0.25) is 0 Å². The van der Waals surface area contributed by atoms with Gasteiger partial charge in [-0.1, -0.05) is 37.5 Å². The predicted octanol–water partition coefficient (Wildman–Crippen LogP) is 3.23. The number of carbonyl (C=O) groups is 4. The van der Waals surface area contributed by atoms with Gasteiger partial charge in [-0.3, -0.25) is 15.0 Å². The number of hydrogen-bond donors (Lipinski definition) is 4. The first-order chi connectivity index (χ1) is 15.0. The van der Waals surface area contributed by atoms with Crippen LogP contribution in [0.3, 0.4) is 0 Å². The minimum atomic E-state index is -0.900. The number of urea groups is 2. The summed E-state index contributed by atoms with van der Waals surface area (Å²) in [7, 11) is 0. The van der Waals surface area contributed by atoms with E-state index in [4.69, 9.17) is 0 Å². The highest BCUT2D eigenvalue weighted by Gasteiger charge is 2.52. The fraction of sp³-hybridized carbons (Fsp3) is 0.273. The number of hydrazine groups is 1. The van der Waals surface area contributed by atoms with Crippen LogP contribution < -0.4 is 21.4 Å². The molecular formula is C22H23N5O4. The maximum absolute atomic E-state index is 12.8. The van der Waals surface area contributed by atoms with Crippen LogP contribution in [0.15, 0.2) is 54.6 Å². The molecule has 1 heterocycles. The summed E-state index contributed by atoms with van der Waals surface area (Å²) in [4.78, 5) is 49.6. The lowest BCUT2D eigenvalue weighted by molar-refractivity contribution is -0.134. The van der Waals surface area contributed by atoms with Crippen molar-refractivity contribution < 1.29 is 19.2 Å². The van der Waals surface area contributed by atoms with E-state index in [9.17, 15) is 19.2 Å². The lowest BCUT2D eigenvalue weighted by atomic mass is 9.82. The van der Waals surface area contributed by atoms with Crippen molar-refractivity contribution in [3.63, 3.8) is 0 Å². The Morgan fingerprint density at radius 3 is 2.10 bits per heavy atom. The summed E-state index contributed by atoms with van der Waals surface area (Å²) < 4.78 is 0. The molecule has 4 N–H and O–H groups in total. The molecule has 1 aliphatic carbocycles. The molecule has 4 rings (SSSR count). The van der Waals surface area contributed by atoms with Crippen LogP contribution in [0, 0.1) is 0 Å². The molecule has 1 saturated heterocycles. The summed E-state index contributed by atoms with van der Waals surface area (Å²) in [6.07, 6.45) is 3.91. The van der Waals surface area contributed by atoms with E-state index in [0.717, 1.165) is 24.3 Å². The van der Waals surface area contributed by atoms with Crippen LogP contribution in [-0.2, 0) is 4.79 Å². The van der Waals surface area contributed by atoms with E-state index in [1.165, 1.54) is 12.1 Å². The molecule has 9 heteroatoms. The van der Waals surface area contributed by atoms with Gasteiger partial charge in [0.15, 0.2) is 0 Å². The molecule has 2 aromatic rings. The minimum absolute atomic E-state index is 0.249. The van der Waals surface area contributed by atoms with Crippen molar-refractivity contribution in [2.24, 2.45) is 0 Å². The van der Waals surface area contributed by atoms with Crippen LogP contribution in [0.4, 0.5) is 21.0 Å². The summed E-state index contributed by atoms with van der Waals surface area (Å²) in [6, 6.07) is 14.1. The van der Waals surface area contributed by atoms with Crippen LogP contribution in [0.2, 0.25) is 0 Å². The van der Waals surface area contributed by atoms with Crippen LogP contribution in [-0.4, -0.2) is 34.4 Å². The molecule has 2 fully saturated rings. The molecule has 160 valence electrons. The third-order valence-corrected chi connectivity index (χ3v) is 5.52. The first-order valence-electron chi connectivity index (χ1n) is 10.2. The molecule has 2 aromatic carbocycles. The Kier molecular flexibility index (Phi) is 5.57. The molecule has 0 radical (unpaired) electrons. The Hall–Kier alpha value is -3.88. The minimum Gasteiger partial charge on any atom is -0.322 e. The summed E-state index contributed by atoms with van der Waals surface area (Å²) >= 11 is 0. The number of imide groups is 1. The van der Waals surface area contributed by atoms with Crippen molar-refractivity contribution in [2.75, 3.05) is 10.6 Å². The molecule has 1 spiro atoms. The predicted molar refractivity (Wildman–Crippen MR) is 114 cm³/mol. The Labute approximate surface area is 179 Å². The smallest absolute Gasteiger partial charge is 0.322 e. The zero-order valence-corrected chi connectivity index (χ0v) is 16.8. The Morgan fingerprint density at radius 2 is 1.45 bits per heavy atom. The molecule has 0 unspecified atom stereocenters. The highest BCUT2D eigenvalue weighted by Crippen LogP contribution is 2.33. The first-order valence-corrected chi connectivity index (χ1v) is 10.2. The molecule has 1 saturated carbocycles. The van der Waals surface area contributed by atoms with E-state index in [0.29, 0.717) is 24.2 Å². The second-order valence-electron chi connectivity index (χ2n) is 7.68. The van der Waals surface area contributed by atoms with Crippen molar-refractivity contribution in [1.82, 2.24) is 15.8 Å². The number of nitrogens with one attached hydrogen (secondary N) is 4. The molecule has 2 aliphatic rings. The number of carbonyl (C=O) groups excluding carboxylic acids is 4. The summed E-state index contributed by atoms with van der Waals surface area (Å²) in [6.45, 7) is 0. The number of para-hydroxylation sites is 1. The zero-order valence-electron chi connectivity index (χ0n) is 16.8. The molecule has 0 atom stereocenters. The van der Waals surface area contributed by atoms with Crippen LogP contribution in [0.25, 0.3) is 0 Å². The largest absolute Gasteiger partial charge is 0.344 e. The van der Waals surface area contributed by atoms with Crippen molar-refractivity contribution in [3.8, 4) is 0 Å². The number of hydrogen-bond acceptors (Lipinski definition) is 4. The van der Waals surface area contributed by atoms with Crippen LogP contribution in [0.1, 0.15) is 42.5 Å². The number of amides is 6. The number of nitrogens with zero attached hydrogens (tertiary/aromatic N) is 1. The lowest BCUT2D eigenvalue weighted by Gasteiger charge is -2.30. The molecular weight excluding hydrogens is 398 g/mol. The second kappa shape index (κ2) is 8.47. The highest BCUT2D eigenvalue weighted by atomic mass is 16.2. The van der Waals surface area contributed by atoms with E-state index < -0.39 is 29.4 Å². The monoisotopic (exact) mass is 421 g/mol. The van der Waals surface area contributed by atoms with Gasteiger partial charge in [0.1, 0.15) is 5.54 Å². The van der Waals surface area contributed by atoms with Gasteiger partial charge in [-0.25, -0.2) is 9.59 Å². The maximum Gasteiger partial charge on any atom is 0.344 e. The van der Waals surface area contributed by atoms with Crippen molar-refractivity contribution in [1.29, 1.82) is 0 Å². The summed E-state index contributed by atoms with van der Waals surface area (Å²) in [5.41, 5.74) is 2.88. The average Bonchev–Trinajstić information content (AvgIpc) is 2.99. The second-order valence-corrected chi connectivity index (χ2v) is 7.68. The van der Waals surface area contributed by atoms with Gasteiger partial charge in [-0.05, 0) is 49.2 Å². The van der Waals surface area contributed by atoms with Gasteiger partial charge < -0.3 is 16.0 Å². The fourth-order valence-electron chi connectivity index (χ4n) is 3.90. The Bertz CT molecular complexity index is 1000. The molecule has 0 bridgehead atoms. The quantitative estimate of drug-likeness (QED) is 0.567. The van der Waals surface area contributed by atoms with E-state index in [2.05, 4.69) is 21.4 Å². The van der Waals surface area contributed by atoms with Crippen molar-refractivity contribution in [2.45, 2.75) is 37.6 Å². The Morgan fingerprint density at radius 1 is 0.839 bits per heavy atom. The van der Waals surface area contributed by atoms with Gasteiger partial charge in [-0.2, -0.15) is 5.01 Å². The van der Waals surface area contributed by atoms with Crippen molar-refractivity contribution in [3.05, 3.63) is 60.2 Å². The van der Waals surface area contributed by atoms with Crippen LogP contribution in [0.5, 0.6) is 0 Å². The highest BCUT2D eigenvalue weighted by molar-refractivity contribution is 6.09.